The van der Waals surface area contributed by atoms with Gasteiger partial charge in [0.05, 0.1) is 5.57 Å². The molecule has 2 amide bonds. The highest BCUT2D eigenvalue weighted by atomic mass is 16.2. The third-order valence-electron chi connectivity index (χ3n) is 6.54. The van der Waals surface area contributed by atoms with Crippen molar-refractivity contribution < 1.29 is 9.59 Å². The van der Waals surface area contributed by atoms with E-state index in [2.05, 4.69) is 18.7 Å². The fraction of sp³-hybridized carbons (Fsp3) is 0.615. The van der Waals surface area contributed by atoms with Crippen LogP contribution in [0.3, 0.4) is 0 Å². The van der Waals surface area contributed by atoms with E-state index in [1.54, 1.807) is 0 Å². The fourth-order valence-corrected chi connectivity index (χ4v) is 4.56. The Hall–Kier alpha value is -2.10. The Morgan fingerprint density at radius 3 is 2.07 bits per heavy atom. The largest absolute Gasteiger partial charge is 0.366 e. The van der Waals surface area contributed by atoms with E-state index in [-0.39, 0.29) is 11.8 Å². The monoisotopic (exact) mass is 410 g/mol. The summed E-state index contributed by atoms with van der Waals surface area (Å²) in [6, 6.07) is 9.74. The summed E-state index contributed by atoms with van der Waals surface area (Å²) in [5.74, 6) is 0.488. The predicted molar refractivity (Wildman–Crippen MR) is 123 cm³/mol. The maximum Gasteiger partial charge on any atom is 0.277 e. The van der Waals surface area contributed by atoms with E-state index in [0.29, 0.717) is 23.7 Å². The van der Waals surface area contributed by atoms with E-state index in [1.165, 1.54) is 43.4 Å². The van der Waals surface area contributed by atoms with Crippen LogP contribution in [0.25, 0.3) is 5.57 Å². The zero-order chi connectivity index (χ0) is 21.3. The molecule has 0 N–H and O–H groups in total. The van der Waals surface area contributed by atoms with Gasteiger partial charge in [0.2, 0.25) is 0 Å². The molecule has 0 aromatic heterocycles. The SMILES string of the molecule is CCCCCCCCCCN1C(=O)C(c2ccccc2)=C(N2CCC(C)CC2)C1=O. The number of hydrogen-bond acceptors (Lipinski definition) is 3. The van der Waals surface area contributed by atoms with Gasteiger partial charge < -0.3 is 4.90 Å². The van der Waals surface area contributed by atoms with E-state index >= 15 is 0 Å². The highest BCUT2D eigenvalue weighted by Crippen LogP contribution is 2.34. The van der Waals surface area contributed by atoms with Crippen molar-refractivity contribution in [2.45, 2.75) is 78.1 Å². The van der Waals surface area contributed by atoms with Crippen molar-refractivity contribution in [2.75, 3.05) is 19.6 Å². The fourth-order valence-electron chi connectivity index (χ4n) is 4.56. The lowest BCUT2D eigenvalue weighted by molar-refractivity contribution is -0.137. The van der Waals surface area contributed by atoms with Crippen LogP contribution in [0.1, 0.15) is 83.6 Å². The van der Waals surface area contributed by atoms with Crippen LogP contribution in [-0.4, -0.2) is 41.2 Å². The average Bonchev–Trinajstić information content (AvgIpc) is 3.01. The lowest BCUT2D eigenvalue weighted by Gasteiger charge is -2.32. The molecular weight excluding hydrogens is 372 g/mol. The topological polar surface area (TPSA) is 40.6 Å². The van der Waals surface area contributed by atoms with E-state index in [0.717, 1.165) is 44.3 Å². The quantitative estimate of drug-likeness (QED) is 0.350. The van der Waals surface area contributed by atoms with Gasteiger partial charge in [-0.05, 0) is 30.7 Å². The Morgan fingerprint density at radius 1 is 0.833 bits per heavy atom. The van der Waals surface area contributed by atoms with Gasteiger partial charge >= 0.3 is 0 Å². The highest BCUT2D eigenvalue weighted by molar-refractivity contribution is 6.35. The van der Waals surface area contributed by atoms with Crippen molar-refractivity contribution in [3.63, 3.8) is 0 Å². The van der Waals surface area contributed by atoms with Gasteiger partial charge in [0.15, 0.2) is 0 Å². The molecule has 1 aromatic rings. The first-order chi connectivity index (χ1) is 14.6. The second kappa shape index (κ2) is 11.3. The Labute approximate surface area is 182 Å². The summed E-state index contributed by atoms with van der Waals surface area (Å²) < 4.78 is 0. The van der Waals surface area contributed by atoms with E-state index in [4.69, 9.17) is 0 Å². The molecule has 0 bridgehead atoms. The van der Waals surface area contributed by atoms with Crippen LogP contribution in [0.4, 0.5) is 0 Å². The first-order valence-corrected chi connectivity index (χ1v) is 12.0. The number of nitrogens with zero attached hydrogens (tertiary/aromatic N) is 2. The number of benzene rings is 1. The summed E-state index contributed by atoms with van der Waals surface area (Å²) >= 11 is 0. The molecule has 0 unspecified atom stereocenters. The maximum absolute atomic E-state index is 13.3. The number of carbonyl (C=O) groups is 2. The summed E-state index contributed by atoms with van der Waals surface area (Å²) in [6.45, 7) is 6.76. The molecule has 0 aliphatic carbocycles. The van der Waals surface area contributed by atoms with Crippen LogP contribution in [-0.2, 0) is 9.59 Å². The molecule has 1 fully saturated rings. The number of piperidine rings is 1. The summed E-state index contributed by atoms with van der Waals surface area (Å²) in [5.41, 5.74) is 2.11. The molecule has 30 heavy (non-hydrogen) atoms. The molecule has 0 saturated carbocycles. The summed E-state index contributed by atoms with van der Waals surface area (Å²) in [4.78, 5) is 30.3. The zero-order valence-electron chi connectivity index (χ0n) is 18.9. The highest BCUT2D eigenvalue weighted by Gasteiger charge is 2.41. The minimum absolute atomic E-state index is 0.0867. The lowest BCUT2D eigenvalue weighted by Crippen LogP contribution is -2.38. The normalized spacial score (nSPS) is 18.1. The lowest BCUT2D eigenvalue weighted by atomic mass is 9.97. The van der Waals surface area contributed by atoms with Gasteiger partial charge in [0, 0.05) is 19.6 Å². The zero-order valence-corrected chi connectivity index (χ0v) is 18.9. The van der Waals surface area contributed by atoms with Crippen molar-refractivity contribution in [3.8, 4) is 0 Å². The number of rotatable bonds is 11. The number of amides is 2. The van der Waals surface area contributed by atoms with Crippen LogP contribution in [0.15, 0.2) is 36.0 Å². The van der Waals surface area contributed by atoms with Crippen LogP contribution >= 0.6 is 0 Å². The third kappa shape index (κ3) is 5.53. The van der Waals surface area contributed by atoms with Gasteiger partial charge in [-0.3, -0.25) is 14.5 Å². The molecule has 2 aliphatic rings. The number of unbranched alkanes of at least 4 members (excludes halogenated alkanes) is 7. The molecule has 1 saturated heterocycles. The molecule has 4 heteroatoms. The van der Waals surface area contributed by atoms with Crippen molar-refractivity contribution in [1.29, 1.82) is 0 Å². The van der Waals surface area contributed by atoms with Crippen LogP contribution in [0.5, 0.6) is 0 Å². The maximum atomic E-state index is 13.3. The van der Waals surface area contributed by atoms with Gasteiger partial charge in [0.1, 0.15) is 5.70 Å². The van der Waals surface area contributed by atoms with E-state index in [1.807, 2.05) is 30.3 Å². The van der Waals surface area contributed by atoms with Gasteiger partial charge in [-0.1, -0.05) is 89.1 Å². The van der Waals surface area contributed by atoms with Gasteiger partial charge in [-0.15, -0.1) is 0 Å². The summed E-state index contributed by atoms with van der Waals surface area (Å²) in [7, 11) is 0. The third-order valence-corrected chi connectivity index (χ3v) is 6.54. The molecular formula is C26H38N2O2. The van der Waals surface area contributed by atoms with Crippen molar-refractivity contribution in [1.82, 2.24) is 9.80 Å². The molecule has 0 atom stereocenters. The van der Waals surface area contributed by atoms with Gasteiger partial charge in [-0.2, -0.15) is 0 Å². The Morgan fingerprint density at radius 2 is 1.43 bits per heavy atom. The Bertz CT molecular complexity index is 733. The average molecular weight is 411 g/mol. The van der Waals surface area contributed by atoms with Crippen molar-refractivity contribution in [2.24, 2.45) is 5.92 Å². The molecule has 0 radical (unpaired) electrons. The molecule has 164 valence electrons. The van der Waals surface area contributed by atoms with E-state index in [9.17, 15) is 9.59 Å². The molecule has 4 nitrogen and oxygen atoms in total. The number of likely N-dealkylation sites (tertiary alicyclic amines) is 1. The number of carbonyl (C=O) groups excluding carboxylic acids is 2. The Balaban J connectivity index is 1.64. The van der Waals surface area contributed by atoms with Crippen molar-refractivity contribution in [3.05, 3.63) is 41.6 Å². The van der Waals surface area contributed by atoms with Crippen LogP contribution in [0.2, 0.25) is 0 Å². The van der Waals surface area contributed by atoms with Crippen LogP contribution < -0.4 is 0 Å². The first-order valence-electron chi connectivity index (χ1n) is 12.0. The minimum atomic E-state index is -0.109. The number of imide groups is 1. The second-order valence-corrected chi connectivity index (χ2v) is 9.00. The molecule has 2 heterocycles. The predicted octanol–water partition coefficient (Wildman–Crippen LogP) is 5.64. The molecule has 1 aromatic carbocycles. The smallest absolute Gasteiger partial charge is 0.277 e. The standard InChI is InChI=1S/C26H38N2O2/c1-3-4-5-6-7-8-9-13-18-28-25(29)23(22-14-11-10-12-15-22)24(26(28)30)27-19-16-21(2)17-20-27/h10-12,14-15,21H,3-9,13,16-20H2,1-2H3. The molecule has 3 rings (SSSR count). The molecule has 2 aliphatic heterocycles. The van der Waals surface area contributed by atoms with Crippen molar-refractivity contribution >= 4 is 17.4 Å². The second-order valence-electron chi connectivity index (χ2n) is 9.00. The van der Waals surface area contributed by atoms with Gasteiger partial charge in [0.25, 0.3) is 11.8 Å². The van der Waals surface area contributed by atoms with Gasteiger partial charge in [-0.25, -0.2) is 0 Å². The summed E-state index contributed by atoms with van der Waals surface area (Å²) in [6.07, 6.45) is 11.8. The number of hydrogen-bond donors (Lipinski definition) is 0. The Kier molecular flexibility index (Phi) is 8.53. The summed E-state index contributed by atoms with van der Waals surface area (Å²) in [5, 5.41) is 0. The van der Waals surface area contributed by atoms with E-state index < -0.39 is 0 Å². The molecule has 0 spiro atoms. The van der Waals surface area contributed by atoms with Crippen LogP contribution in [0, 0.1) is 5.92 Å². The minimum Gasteiger partial charge on any atom is -0.366 e. The first kappa shape index (κ1) is 22.6.